The van der Waals surface area contributed by atoms with Crippen LogP contribution in [-0.2, 0) is 22.4 Å². The number of fused-ring (bicyclic) bond motifs is 3. The normalized spacial score (nSPS) is 18.4. The van der Waals surface area contributed by atoms with Gasteiger partial charge in [0.1, 0.15) is 28.1 Å². The number of anilines is 1. The van der Waals surface area contributed by atoms with E-state index in [-0.39, 0.29) is 24.5 Å². The molecule has 50 heavy (non-hydrogen) atoms. The van der Waals surface area contributed by atoms with Crippen LogP contribution in [0.5, 0.6) is 11.5 Å². The summed E-state index contributed by atoms with van der Waals surface area (Å²) in [6.45, 7) is 2.84. The molecule has 3 aliphatic heterocycles. The first-order valence-corrected chi connectivity index (χ1v) is 16.8. The second kappa shape index (κ2) is 16.5. The molecule has 1 amide bonds. The number of methoxy groups -OCH3 is 2. The van der Waals surface area contributed by atoms with Gasteiger partial charge in [0, 0.05) is 18.5 Å². The van der Waals surface area contributed by atoms with Crippen LogP contribution in [-0.4, -0.2) is 62.4 Å². The molecule has 10 nitrogen and oxygen atoms in total. The molecule has 4 aromatic rings. The van der Waals surface area contributed by atoms with Gasteiger partial charge in [-0.15, -0.1) is 0 Å². The maximum absolute atomic E-state index is 14.3. The lowest BCUT2D eigenvalue weighted by molar-refractivity contribution is -0.377. The Morgan fingerprint density at radius 3 is 2.28 bits per heavy atom. The number of esters is 1. The summed E-state index contributed by atoms with van der Waals surface area (Å²) < 4.78 is 37.2. The van der Waals surface area contributed by atoms with Gasteiger partial charge >= 0.3 is 12.1 Å². The van der Waals surface area contributed by atoms with Crippen molar-refractivity contribution in [2.75, 3.05) is 38.8 Å². The number of benzene rings is 3. The van der Waals surface area contributed by atoms with Crippen LogP contribution in [0, 0.1) is 11.7 Å². The van der Waals surface area contributed by atoms with E-state index in [0.717, 1.165) is 25.9 Å². The van der Waals surface area contributed by atoms with E-state index in [1.54, 1.807) is 67.0 Å². The zero-order chi connectivity index (χ0) is 34.5. The van der Waals surface area contributed by atoms with Crippen molar-refractivity contribution < 1.29 is 43.4 Å². The number of carbonyl (C=O) groups excluding carboxylic acids is 2. The highest BCUT2D eigenvalue weighted by atomic mass is 35.5. The Bertz CT molecular complexity index is 1780. The van der Waals surface area contributed by atoms with Crippen LogP contribution in [0.25, 0.3) is 0 Å². The van der Waals surface area contributed by atoms with Crippen molar-refractivity contribution in [2.45, 2.75) is 38.0 Å². The lowest BCUT2D eigenvalue weighted by atomic mass is 9.86. The minimum Gasteiger partial charge on any atom is -0.870 e. The Labute approximate surface area is 299 Å². The lowest BCUT2D eigenvalue weighted by Crippen LogP contribution is -2.53. The number of hydrogen-bond acceptors (Lipinski definition) is 8. The molecule has 13 heteroatoms. The molecule has 7 rings (SSSR count). The van der Waals surface area contributed by atoms with Gasteiger partial charge in [-0.3, -0.25) is 9.80 Å². The van der Waals surface area contributed by atoms with Crippen LogP contribution in [0.2, 0.25) is 10.0 Å². The van der Waals surface area contributed by atoms with Crippen molar-refractivity contribution in [2.24, 2.45) is 5.92 Å². The molecule has 0 unspecified atom stereocenters. The van der Waals surface area contributed by atoms with Gasteiger partial charge in [0.05, 0.1) is 32.0 Å². The van der Waals surface area contributed by atoms with Crippen LogP contribution < -0.4 is 19.4 Å². The maximum Gasteiger partial charge on any atom is 0.414 e. The number of halogens is 3. The van der Waals surface area contributed by atoms with Crippen molar-refractivity contribution in [3.8, 4) is 11.5 Å². The van der Waals surface area contributed by atoms with Gasteiger partial charge < -0.3 is 24.4 Å². The Hall–Kier alpha value is -4.42. The number of H-pyrrole nitrogens is 1. The zero-order valence-electron chi connectivity index (χ0n) is 27.6. The van der Waals surface area contributed by atoms with Gasteiger partial charge in [0.25, 0.3) is 0 Å². The Balaban J connectivity index is 0.00000486. The summed E-state index contributed by atoms with van der Waals surface area (Å²) in [5.41, 5.74) is 2.63. The van der Waals surface area contributed by atoms with Gasteiger partial charge in [0.2, 0.25) is 0 Å². The minimum absolute atomic E-state index is 0. The zero-order valence-corrected chi connectivity index (χ0v) is 29.1. The van der Waals surface area contributed by atoms with Gasteiger partial charge in [0.15, 0.2) is 23.9 Å². The van der Waals surface area contributed by atoms with E-state index in [4.69, 9.17) is 42.1 Å². The van der Waals surface area contributed by atoms with Crippen molar-refractivity contribution in [3.63, 3.8) is 0 Å². The van der Waals surface area contributed by atoms with Crippen LogP contribution in [0.1, 0.15) is 46.0 Å². The molecule has 0 radical (unpaired) electrons. The van der Waals surface area contributed by atoms with Crippen molar-refractivity contribution >= 4 is 41.0 Å². The standard InChI is InChI=1S/C37H36Cl2FN3O6.H2O/c1-46-32-11-10-26(16-34(32)47-2)33(18-29-30(38)19-41-20-31(29)39)48-36(44)25-8-6-23(7-9-25)21-43(28-5-3-4-27(40)17-28)37(45)49-35-22-42-14-12-24(35)13-15-42;/h3-11,16-17,19-20,24,33,35H,12-15,18,21-22H2,1-2H3;1H2/t33-,35-;/m0./s1. The molecule has 0 spiro atoms. The number of amides is 1. The number of rotatable bonds is 11. The molecule has 264 valence electrons. The summed E-state index contributed by atoms with van der Waals surface area (Å²) in [6.07, 6.45) is 3.86. The smallest absolute Gasteiger partial charge is 0.414 e. The van der Waals surface area contributed by atoms with Crippen LogP contribution in [0.3, 0.4) is 0 Å². The third kappa shape index (κ3) is 8.47. The molecule has 2 N–H and O–H groups in total. The van der Waals surface area contributed by atoms with E-state index in [0.29, 0.717) is 61.9 Å². The molecule has 0 aliphatic carbocycles. The third-order valence-electron chi connectivity index (χ3n) is 9.13. The highest BCUT2D eigenvalue weighted by Crippen LogP contribution is 2.36. The Morgan fingerprint density at radius 2 is 1.66 bits per heavy atom. The summed E-state index contributed by atoms with van der Waals surface area (Å²) in [7, 11) is 3.06. The predicted octanol–water partition coefficient (Wildman–Crippen LogP) is 7.17. The van der Waals surface area contributed by atoms with Crippen LogP contribution >= 0.6 is 23.2 Å². The van der Waals surface area contributed by atoms with E-state index in [9.17, 15) is 14.0 Å². The largest absolute Gasteiger partial charge is 0.870 e. The fraction of sp³-hybridized carbons (Fsp3) is 0.324. The number of aromatic nitrogens is 1. The average Bonchev–Trinajstić information content (AvgIpc) is 3.12. The molecule has 4 heterocycles. The monoisotopic (exact) mass is 725 g/mol. The van der Waals surface area contributed by atoms with Crippen LogP contribution in [0.15, 0.2) is 79.1 Å². The number of ether oxygens (including phenoxy) is 4. The fourth-order valence-electron chi connectivity index (χ4n) is 6.41. The number of nitrogens with one attached hydrogen (secondary N) is 1. The SMILES string of the molecule is COc1ccc([C@H](Cc2c(Cl)c[nH+]cc2Cl)OC(=O)c2ccc(CN(C(=O)O[C@H]3CN4CCC3CC4)c3cccc(F)c3)cc2)cc1OC.[OH-]. The molecule has 2 atom stereocenters. The quantitative estimate of drug-likeness (QED) is 0.149. The molecule has 0 saturated carbocycles. The maximum atomic E-state index is 14.3. The first kappa shape index (κ1) is 36.9. The molecule has 3 fully saturated rings. The van der Waals surface area contributed by atoms with E-state index < -0.39 is 24.0 Å². The molecular formula is C37H38Cl2FN3O7. The summed E-state index contributed by atoms with van der Waals surface area (Å²) in [5, 5.41) is 0.793. The van der Waals surface area contributed by atoms with Crippen molar-refractivity contribution in [3.05, 3.63) is 117 Å². The Morgan fingerprint density at radius 1 is 0.960 bits per heavy atom. The molecule has 3 aromatic carbocycles. The molecule has 2 bridgehead atoms. The minimum atomic E-state index is -0.783. The van der Waals surface area contributed by atoms with Gasteiger partial charge in [-0.2, -0.15) is 0 Å². The molecular weight excluding hydrogens is 688 g/mol. The number of piperidine rings is 3. The highest BCUT2D eigenvalue weighted by molar-refractivity contribution is 6.35. The van der Waals surface area contributed by atoms with E-state index >= 15 is 0 Å². The summed E-state index contributed by atoms with van der Waals surface area (Å²) in [5.74, 6) is 0.279. The van der Waals surface area contributed by atoms with Crippen LogP contribution in [0.4, 0.5) is 14.9 Å². The van der Waals surface area contributed by atoms with Gasteiger partial charge in [-0.05, 0) is 85.4 Å². The second-order valence-corrected chi connectivity index (χ2v) is 13.0. The summed E-state index contributed by atoms with van der Waals surface area (Å²) in [4.78, 5) is 33.8. The fourth-order valence-corrected chi connectivity index (χ4v) is 6.94. The van der Waals surface area contributed by atoms with Gasteiger partial charge in [-0.1, -0.05) is 47.5 Å². The van der Waals surface area contributed by atoms with Gasteiger partial charge in [-0.25, -0.2) is 19.0 Å². The predicted molar refractivity (Wildman–Crippen MR) is 185 cm³/mol. The number of carbonyl (C=O) groups is 2. The Kier molecular flexibility index (Phi) is 12.2. The molecule has 1 aromatic heterocycles. The second-order valence-electron chi connectivity index (χ2n) is 12.2. The van der Waals surface area contributed by atoms with E-state index in [2.05, 4.69) is 9.88 Å². The van der Waals surface area contributed by atoms with E-state index in [1.165, 1.54) is 31.3 Å². The third-order valence-corrected chi connectivity index (χ3v) is 9.81. The van der Waals surface area contributed by atoms with Crippen molar-refractivity contribution in [1.82, 2.24) is 4.90 Å². The van der Waals surface area contributed by atoms with Crippen molar-refractivity contribution in [1.29, 1.82) is 0 Å². The summed E-state index contributed by atoms with van der Waals surface area (Å²) >= 11 is 12.9. The average molecular weight is 727 g/mol. The number of hydrogen-bond donors (Lipinski definition) is 0. The first-order chi connectivity index (χ1) is 23.7. The number of nitrogens with zero attached hydrogens (tertiary/aromatic N) is 2. The topological polar surface area (TPSA) is 122 Å². The molecule has 3 saturated heterocycles. The number of aromatic amines is 1. The van der Waals surface area contributed by atoms with E-state index in [1.807, 2.05) is 0 Å². The molecule has 3 aliphatic rings. The highest BCUT2D eigenvalue weighted by Gasteiger charge is 2.37. The first-order valence-electron chi connectivity index (χ1n) is 16.0. The lowest BCUT2D eigenvalue weighted by Gasteiger charge is -2.44. The summed E-state index contributed by atoms with van der Waals surface area (Å²) in [6, 6.07) is 17.8. The number of pyridine rings is 1.